The summed E-state index contributed by atoms with van der Waals surface area (Å²) < 4.78 is 76.9. The van der Waals surface area contributed by atoms with Crippen LogP contribution < -0.4 is 5.32 Å². The number of carbonyl (C=O) groups is 1. The first-order chi connectivity index (χ1) is 9.49. The average Bonchev–Trinajstić information content (AvgIpc) is 2.34. The quantitative estimate of drug-likeness (QED) is 0.855. The van der Waals surface area contributed by atoms with E-state index in [0.29, 0.717) is 0 Å². The van der Waals surface area contributed by atoms with Crippen molar-refractivity contribution in [3.8, 4) is 0 Å². The number of amides is 1. The first-order valence-electron chi connectivity index (χ1n) is 5.66. The third-order valence-corrected chi connectivity index (χ3v) is 2.42. The van der Waals surface area contributed by atoms with Gasteiger partial charge in [0.15, 0.2) is 6.61 Å². The molecule has 1 N–H and O–H groups in total. The second-order valence-corrected chi connectivity index (χ2v) is 4.18. The number of nitrogens with one attached hydrogen (secondary N) is 1. The second-order valence-electron chi connectivity index (χ2n) is 4.18. The molecular weight excluding hydrogens is 304 g/mol. The molecule has 0 aliphatic heterocycles. The van der Waals surface area contributed by atoms with E-state index in [4.69, 9.17) is 0 Å². The molecule has 118 valence electrons. The molecule has 1 aromatic carbocycles. The molecule has 0 fully saturated rings. The number of ether oxygens (including phenoxy) is 1. The lowest BCUT2D eigenvalue weighted by molar-refractivity contribution is -0.160. The van der Waals surface area contributed by atoms with Crippen molar-refractivity contribution in [1.29, 1.82) is 0 Å². The van der Waals surface area contributed by atoms with Gasteiger partial charge in [-0.2, -0.15) is 26.3 Å². The minimum absolute atomic E-state index is 0.0915. The third-order valence-electron chi connectivity index (χ3n) is 2.42. The van der Waals surface area contributed by atoms with Gasteiger partial charge in [-0.25, -0.2) is 4.79 Å². The van der Waals surface area contributed by atoms with E-state index in [9.17, 15) is 31.1 Å². The van der Waals surface area contributed by atoms with Gasteiger partial charge in [0, 0.05) is 0 Å². The normalized spacial score (nSPS) is 13.7. The zero-order chi connectivity index (χ0) is 16.3. The molecule has 1 aromatic rings. The number of carbonyl (C=O) groups excluding carboxylic acids is 1. The molecule has 1 rings (SSSR count). The van der Waals surface area contributed by atoms with E-state index in [1.807, 2.05) is 5.32 Å². The van der Waals surface area contributed by atoms with Gasteiger partial charge in [-0.15, -0.1) is 0 Å². The zero-order valence-corrected chi connectivity index (χ0v) is 10.7. The van der Waals surface area contributed by atoms with Crippen LogP contribution in [0.4, 0.5) is 31.1 Å². The number of halogens is 6. The van der Waals surface area contributed by atoms with Crippen LogP contribution in [0.2, 0.25) is 0 Å². The van der Waals surface area contributed by atoms with Crippen molar-refractivity contribution in [1.82, 2.24) is 5.32 Å². The van der Waals surface area contributed by atoms with E-state index in [1.165, 1.54) is 13.0 Å². The van der Waals surface area contributed by atoms with E-state index in [1.54, 1.807) is 0 Å². The molecule has 0 saturated heterocycles. The summed E-state index contributed by atoms with van der Waals surface area (Å²) in [7, 11) is 0. The van der Waals surface area contributed by atoms with Gasteiger partial charge >= 0.3 is 18.4 Å². The van der Waals surface area contributed by atoms with Crippen molar-refractivity contribution < 1.29 is 35.9 Å². The Bertz CT molecular complexity index is 497. The van der Waals surface area contributed by atoms with Crippen LogP contribution in [0.25, 0.3) is 0 Å². The van der Waals surface area contributed by atoms with Gasteiger partial charge in [-0.1, -0.05) is 12.1 Å². The van der Waals surface area contributed by atoms with Gasteiger partial charge in [-0.05, 0) is 24.6 Å². The number of alkyl carbamates (subject to hydrolysis) is 1. The van der Waals surface area contributed by atoms with Crippen LogP contribution in [0.15, 0.2) is 24.3 Å². The summed E-state index contributed by atoms with van der Waals surface area (Å²) in [4.78, 5) is 11.1. The number of rotatable bonds is 3. The molecule has 0 aromatic heterocycles. The fourth-order valence-electron chi connectivity index (χ4n) is 1.43. The van der Waals surface area contributed by atoms with Crippen molar-refractivity contribution in [3.63, 3.8) is 0 Å². The minimum atomic E-state index is -4.67. The predicted octanol–water partition coefficient (Wildman–Crippen LogP) is 4.05. The van der Waals surface area contributed by atoms with Crippen molar-refractivity contribution >= 4 is 6.09 Å². The molecule has 0 spiro atoms. The van der Waals surface area contributed by atoms with Crippen LogP contribution in [0, 0.1) is 0 Å². The lowest BCUT2D eigenvalue weighted by atomic mass is 10.1. The SMILES string of the molecule is CC(NC(=O)OCC(F)(F)F)c1cccc(C(F)(F)F)c1. The van der Waals surface area contributed by atoms with Crippen LogP contribution in [0.5, 0.6) is 0 Å². The van der Waals surface area contributed by atoms with Crippen LogP contribution in [-0.4, -0.2) is 18.9 Å². The highest BCUT2D eigenvalue weighted by atomic mass is 19.4. The summed E-state index contributed by atoms with van der Waals surface area (Å²) in [5.41, 5.74) is -0.828. The summed E-state index contributed by atoms with van der Waals surface area (Å²) in [5.74, 6) is 0. The summed E-state index contributed by atoms with van der Waals surface area (Å²) in [5, 5.41) is 2.02. The lowest BCUT2D eigenvalue weighted by Crippen LogP contribution is -2.31. The minimum Gasteiger partial charge on any atom is -0.440 e. The first kappa shape index (κ1) is 17.1. The van der Waals surface area contributed by atoms with Crippen molar-refractivity contribution in [2.75, 3.05) is 6.61 Å². The highest BCUT2D eigenvalue weighted by Crippen LogP contribution is 2.30. The number of alkyl halides is 6. The van der Waals surface area contributed by atoms with E-state index in [0.717, 1.165) is 18.2 Å². The van der Waals surface area contributed by atoms with Crippen LogP contribution in [-0.2, 0) is 10.9 Å². The zero-order valence-electron chi connectivity index (χ0n) is 10.7. The average molecular weight is 315 g/mol. The largest absolute Gasteiger partial charge is 0.440 e. The fourth-order valence-corrected chi connectivity index (χ4v) is 1.43. The Morgan fingerprint density at radius 1 is 1.24 bits per heavy atom. The van der Waals surface area contributed by atoms with E-state index in [2.05, 4.69) is 4.74 Å². The molecule has 0 aliphatic rings. The molecule has 0 aliphatic carbocycles. The summed E-state index contributed by atoms with van der Waals surface area (Å²) in [6, 6.07) is 3.15. The van der Waals surface area contributed by atoms with Gasteiger partial charge < -0.3 is 10.1 Å². The van der Waals surface area contributed by atoms with E-state index in [-0.39, 0.29) is 5.56 Å². The van der Waals surface area contributed by atoms with Crippen molar-refractivity contribution in [3.05, 3.63) is 35.4 Å². The second kappa shape index (κ2) is 6.23. The maximum absolute atomic E-state index is 12.5. The van der Waals surface area contributed by atoms with Crippen LogP contribution >= 0.6 is 0 Å². The molecule has 1 unspecified atom stereocenters. The molecule has 9 heteroatoms. The van der Waals surface area contributed by atoms with Crippen LogP contribution in [0.1, 0.15) is 24.1 Å². The maximum Gasteiger partial charge on any atom is 0.422 e. The molecule has 3 nitrogen and oxygen atoms in total. The molecule has 21 heavy (non-hydrogen) atoms. The van der Waals surface area contributed by atoms with Gasteiger partial charge in [-0.3, -0.25) is 0 Å². The highest BCUT2D eigenvalue weighted by Gasteiger charge is 2.31. The highest BCUT2D eigenvalue weighted by molar-refractivity contribution is 5.67. The smallest absolute Gasteiger partial charge is 0.422 e. The molecular formula is C12H11F6NO2. The van der Waals surface area contributed by atoms with Crippen molar-refractivity contribution in [2.45, 2.75) is 25.3 Å². The van der Waals surface area contributed by atoms with E-state index < -0.39 is 36.7 Å². The standard InChI is InChI=1S/C12H11F6NO2/c1-7(19-10(20)21-6-11(13,14)15)8-3-2-4-9(5-8)12(16,17)18/h2-5,7H,6H2,1H3,(H,19,20). The third kappa shape index (κ3) is 5.92. The topological polar surface area (TPSA) is 38.3 Å². The lowest BCUT2D eigenvalue weighted by Gasteiger charge is -2.16. The Labute approximate surface area is 115 Å². The number of hydrogen-bond acceptors (Lipinski definition) is 2. The number of benzene rings is 1. The summed E-state index contributed by atoms with van der Waals surface area (Å²) in [6.45, 7) is -0.446. The first-order valence-corrected chi connectivity index (χ1v) is 5.66. The Kier molecular flexibility index (Phi) is 5.08. The predicted molar refractivity (Wildman–Crippen MR) is 60.4 cm³/mol. The monoisotopic (exact) mass is 315 g/mol. The van der Waals surface area contributed by atoms with Gasteiger partial charge in [0.2, 0.25) is 0 Å². The summed E-state index contributed by atoms with van der Waals surface area (Å²) >= 11 is 0. The van der Waals surface area contributed by atoms with Gasteiger partial charge in [0.1, 0.15) is 0 Å². The molecule has 0 radical (unpaired) electrons. The Hall–Kier alpha value is -1.93. The molecule has 0 heterocycles. The maximum atomic E-state index is 12.5. The Morgan fingerprint density at radius 2 is 1.86 bits per heavy atom. The number of hydrogen-bond donors (Lipinski definition) is 1. The molecule has 0 saturated carbocycles. The molecule has 1 atom stereocenters. The molecule has 0 bridgehead atoms. The van der Waals surface area contributed by atoms with Gasteiger partial charge in [0.25, 0.3) is 0 Å². The van der Waals surface area contributed by atoms with Crippen molar-refractivity contribution in [2.24, 2.45) is 0 Å². The van der Waals surface area contributed by atoms with E-state index >= 15 is 0 Å². The fraction of sp³-hybridized carbons (Fsp3) is 0.417. The Morgan fingerprint density at radius 3 is 2.38 bits per heavy atom. The Balaban J connectivity index is 2.68. The van der Waals surface area contributed by atoms with Crippen LogP contribution in [0.3, 0.4) is 0 Å². The van der Waals surface area contributed by atoms with Gasteiger partial charge in [0.05, 0.1) is 11.6 Å². The summed E-state index contributed by atoms with van der Waals surface area (Å²) in [6.07, 6.45) is -10.6. The molecule has 1 amide bonds.